The first kappa shape index (κ1) is 16.4. The number of para-hydroxylation sites is 1. The number of benzene rings is 1. The van der Waals surface area contributed by atoms with E-state index in [4.69, 9.17) is 9.84 Å². The fourth-order valence-electron chi connectivity index (χ4n) is 1.95. The number of ether oxygens (including phenoxy) is 1. The van der Waals surface area contributed by atoms with Crippen molar-refractivity contribution < 1.29 is 14.6 Å². The van der Waals surface area contributed by atoms with Crippen LogP contribution in [0.15, 0.2) is 29.4 Å². The first-order valence-electron chi connectivity index (χ1n) is 6.99. The molecule has 2 aromatic rings. The molecule has 1 N–H and O–H groups in total. The van der Waals surface area contributed by atoms with Crippen molar-refractivity contribution in [3.63, 3.8) is 0 Å². The summed E-state index contributed by atoms with van der Waals surface area (Å²) in [6, 6.07) is 7.91. The van der Waals surface area contributed by atoms with E-state index in [2.05, 4.69) is 10.2 Å². The van der Waals surface area contributed by atoms with Crippen molar-refractivity contribution >= 4 is 17.7 Å². The van der Waals surface area contributed by atoms with Crippen LogP contribution >= 0.6 is 11.8 Å². The third-order valence-corrected chi connectivity index (χ3v) is 4.15. The van der Waals surface area contributed by atoms with Crippen LogP contribution in [0.5, 0.6) is 5.75 Å². The lowest BCUT2D eigenvalue weighted by atomic mass is 10.2. The molecule has 1 aromatic carbocycles. The summed E-state index contributed by atoms with van der Waals surface area (Å²) >= 11 is 1.17. The van der Waals surface area contributed by atoms with Crippen LogP contribution in [-0.4, -0.2) is 38.2 Å². The minimum absolute atomic E-state index is 0.0115. The number of carbonyl (C=O) groups is 1. The summed E-state index contributed by atoms with van der Waals surface area (Å²) in [5.74, 6) is 0.864. The molecule has 0 unspecified atom stereocenters. The van der Waals surface area contributed by atoms with Crippen molar-refractivity contribution in [3.8, 4) is 5.75 Å². The topological polar surface area (TPSA) is 77.2 Å². The van der Waals surface area contributed by atoms with Gasteiger partial charge in [0.1, 0.15) is 11.6 Å². The molecular formula is C15H19N3O3S. The molecule has 0 saturated heterocycles. The largest absolute Gasteiger partial charge is 0.493 e. The molecule has 0 aliphatic carbocycles. The fraction of sp³-hybridized carbons (Fsp3) is 0.400. The Hall–Kier alpha value is -2.02. The second-order valence-electron chi connectivity index (χ2n) is 4.86. The van der Waals surface area contributed by atoms with E-state index in [0.717, 1.165) is 30.0 Å². The lowest BCUT2D eigenvalue weighted by Gasteiger charge is -2.08. The minimum atomic E-state index is -0.860. The zero-order chi connectivity index (χ0) is 15.9. The second kappa shape index (κ2) is 7.84. The number of hydrogen-bond donors (Lipinski definition) is 1. The summed E-state index contributed by atoms with van der Waals surface area (Å²) < 4.78 is 7.58. The summed E-state index contributed by atoms with van der Waals surface area (Å²) in [4.78, 5) is 10.6. The number of aliphatic carboxylic acids is 1. The molecule has 0 aliphatic rings. The third kappa shape index (κ3) is 4.49. The molecule has 0 atom stereocenters. The van der Waals surface area contributed by atoms with Gasteiger partial charge in [-0.3, -0.25) is 4.79 Å². The number of aryl methyl sites for hydroxylation is 2. The zero-order valence-electron chi connectivity index (χ0n) is 12.7. The van der Waals surface area contributed by atoms with E-state index in [1.54, 1.807) is 0 Å². The van der Waals surface area contributed by atoms with Crippen molar-refractivity contribution in [2.45, 2.75) is 24.9 Å². The zero-order valence-corrected chi connectivity index (χ0v) is 13.5. The van der Waals surface area contributed by atoms with Gasteiger partial charge in [-0.2, -0.15) is 0 Å². The predicted molar refractivity (Wildman–Crippen MR) is 84.4 cm³/mol. The van der Waals surface area contributed by atoms with Gasteiger partial charge in [0.15, 0.2) is 5.16 Å². The number of hydrogen-bond acceptors (Lipinski definition) is 5. The molecule has 0 fully saturated rings. The van der Waals surface area contributed by atoms with Crippen LogP contribution in [0.4, 0.5) is 0 Å². The van der Waals surface area contributed by atoms with Crippen molar-refractivity contribution in [2.24, 2.45) is 7.05 Å². The molecule has 0 saturated carbocycles. The third-order valence-electron chi connectivity index (χ3n) is 3.15. The van der Waals surface area contributed by atoms with Crippen LogP contribution in [0.25, 0.3) is 0 Å². The molecule has 0 bridgehead atoms. The smallest absolute Gasteiger partial charge is 0.313 e. The van der Waals surface area contributed by atoms with Crippen molar-refractivity contribution in [1.82, 2.24) is 14.8 Å². The van der Waals surface area contributed by atoms with Gasteiger partial charge in [0.25, 0.3) is 0 Å². The number of carboxylic acids is 1. The van der Waals surface area contributed by atoms with E-state index < -0.39 is 5.97 Å². The van der Waals surface area contributed by atoms with Gasteiger partial charge >= 0.3 is 5.97 Å². The lowest BCUT2D eigenvalue weighted by molar-refractivity contribution is -0.133. The summed E-state index contributed by atoms with van der Waals surface area (Å²) in [7, 11) is 1.85. The van der Waals surface area contributed by atoms with Gasteiger partial charge < -0.3 is 14.4 Å². The Labute approximate surface area is 133 Å². The molecule has 0 spiro atoms. The van der Waals surface area contributed by atoms with Gasteiger partial charge in [-0.05, 0) is 25.0 Å². The number of carboxylic acid groups (broad SMARTS) is 1. The van der Waals surface area contributed by atoms with E-state index in [9.17, 15) is 4.79 Å². The van der Waals surface area contributed by atoms with Gasteiger partial charge in [-0.15, -0.1) is 10.2 Å². The second-order valence-corrected chi connectivity index (χ2v) is 5.80. The van der Waals surface area contributed by atoms with Gasteiger partial charge in [0.05, 0.1) is 12.4 Å². The highest BCUT2D eigenvalue weighted by Gasteiger charge is 2.10. The van der Waals surface area contributed by atoms with E-state index in [1.165, 1.54) is 11.8 Å². The predicted octanol–water partition coefficient (Wildman–Crippen LogP) is 2.31. The highest BCUT2D eigenvalue weighted by Crippen LogP contribution is 2.18. The van der Waals surface area contributed by atoms with E-state index in [0.29, 0.717) is 11.8 Å². The van der Waals surface area contributed by atoms with Crippen LogP contribution in [0.3, 0.4) is 0 Å². The van der Waals surface area contributed by atoms with E-state index in [1.807, 2.05) is 42.8 Å². The van der Waals surface area contributed by atoms with E-state index >= 15 is 0 Å². The molecule has 6 nitrogen and oxygen atoms in total. The molecule has 1 aromatic heterocycles. The molecule has 1 heterocycles. The average Bonchev–Trinajstić information content (AvgIpc) is 2.84. The summed E-state index contributed by atoms with van der Waals surface area (Å²) in [6.45, 7) is 2.62. The maximum absolute atomic E-state index is 10.6. The maximum Gasteiger partial charge on any atom is 0.313 e. The fourth-order valence-corrected chi connectivity index (χ4v) is 2.60. The summed E-state index contributed by atoms with van der Waals surface area (Å²) in [5, 5.41) is 17.4. The SMILES string of the molecule is Cc1ccccc1OCCCc1nnc(SCC(=O)O)n1C. The molecule has 2 rings (SSSR count). The minimum Gasteiger partial charge on any atom is -0.493 e. The van der Waals surface area contributed by atoms with Crippen molar-refractivity contribution in [3.05, 3.63) is 35.7 Å². The van der Waals surface area contributed by atoms with Gasteiger partial charge in [-0.25, -0.2) is 0 Å². The molecule has 0 amide bonds. The van der Waals surface area contributed by atoms with Crippen LogP contribution < -0.4 is 4.74 Å². The van der Waals surface area contributed by atoms with Gasteiger partial charge in [-0.1, -0.05) is 30.0 Å². The Morgan fingerprint density at radius 3 is 2.86 bits per heavy atom. The van der Waals surface area contributed by atoms with E-state index in [-0.39, 0.29) is 5.75 Å². The first-order valence-corrected chi connectivity index (χ1v) is 7.98. The number of rotatable bonds is 8. The molecule has 7 heteroatoms. The summed E-state index contributed by atoms with van der Waals surface area (Å²) in [5.41, 5.74) is 1.12. The van der Waals surface area contributed by atoms with Gasteiger partial charge in [0.2, 0.25) is 0 Å². The molecule has 0 radical (unpaired) electrons. The molecule has 118 valence electrons. The number of thioether (sulfide) groups is 1. The Morgan fingerprint density at radius 1 is 1.36 bits per heavy atom. The standard InChI is InChI=1S/C15H19N3O3S/c1-11-6-3-4-7-12(11)21-9-5-8-13-16-17-15(18(13)2)22-10-14(19)20/h3-4,6-7H,5,8-10H2,1-2H3,(H,19,20). The molecule has 22 heavy (non-hydrogen) atoms. The van der Waals surface area contributed by atoms with Crippen molar-refractivity contribution in [2.75, 3.05) is 12.4 Å². The van der Waals surface area contributed by atoms with Crippen LogP contribution in [-0.2, 0) is 18.3 Å². The van der Waals surface area contributed by atoms with Crippen molar-refractivity contribution in [1.29, 1.82) is 0 Å². The Kier molecular flexibility index (Phi) is 5.83. The lowest BCUT2D eigenvalue weighted by Crippen LogP contribution is -2.05. The quantitative estimate of drug-likeness (QED) is 0.594. The normalized spacial score (nSPS) is 10.6. The Morgan fingerprint density at radius 2 is 2.14 bits per heavy atom. The Bertz CT molecular complexity index is 643. The number of nitrogens with zero attached hydrogens (tertiary/aromatic N) is 3. The highest BCUT2D eigenvalue weighted by atomic mass is 32.2. The average molecular weight is 321 g/mol. The van der Waals surface area contributed by atoms with Gasteiger partial charge in [0, 0.05) is 13.5 Å². The molecular weight excluding hydrogens is 302 g/mol. The van der Waals surface area contributed by atoms with Crippen LogP contribution in [0.2, 0.25) is 0 Å². The first-order chi connectivity index (χ1) is 10.6. The van der Waals surface area contributed by atoms with Crippen LogP contribution in [0.1, 0.15) is 17.8 Å². The number of aromatic nitrogens is 3. The van der Waals surface area contributed by atoms with Crippen LogP contribution in [0, 0.1) is 6.92 Å². The summed E-state index contributed by atoms with van der Waals surface area (Å²) in [6.07, 6.45) is 1.56. The maximum atomic E-state index is 10.6. The monoisotopic (exact) mass is 321 g/mol. The molecule has 0 aliphatic heterocycles. The highest BCUT2D eigenvalue weighted by molar-refractivity contribution is 7.99. The Balaban J connectivity index is 1.80.